The summed E-state index contributed by atoms with van der Waals surface area (Å²) in [6, 6.07) is 0. The van der Waals surface area contributed by atoms with Crippen molar-refractivity contribution in [2.24, 2.45) is 5.84 Å². The van der Waals surface area contributed by atoms with Gasteiger partial charge in [-0.3, -0.25) is 16.0 Å². The molecule has 0 aromatic heterocycles. The maximum Gasteiger partial charge on any atom is 0.325 e. The molecule has 0 atom stereocenters. The quantitative estimate of drug-likeness (QED) is 0.222. The highest BCUT2D eigenvalue weighted by atomic mass is 16.6. The van der Waals surface area contributed by atoms with Gasteiger partial charge in [0, 0.05) is 0 Å². The molecule has 0 aromatic carbocycles. The average Bonchev–Trinajstić information content (AvgIpc) is 1.88. The number of nitro groups is 1. The number of hydrazine groups is 1. The van der Waals surface area contributed by atoms with E-state index in [-0.39, 0.29) is 0 Å². The Labute approximate surface area is 57.3 Å². The molecule has 7 nitrogen and oxygen atoms in total. The zero-order valence-electron chi connectivity index (χ0n) is 5.28. The van der Waals surface area contributed by atoms with Crippen LogP contribution in [0.2, 0.25) is 0 Å². The summed E-state index contributed by atoms with van der Waals surface area (Å²) in [6.07, 6.45) is -0.861. The van der Waals surface area contributed by atoms with Crippen LogP contribution >= 0.6 is 0 Å². The Bertz CT molecular complexity index is 131. The highest BCUT2D eigenvalue weighted by Gasteiger charge is 2.23. The van der Waals surface area contributed by atoms with Gasteiger partial charge in [0.15, 0.2) is 0 Å². The molecule has 1 saturated heterocycles. The summed E-state index contributed by atoms with van der Waals surface area (Å²) in [4.78, 5) is 9.64. The molecule has 0 spiro atoms. The number of hydrogen-bond acceptors (Lipinski definition) is 6. The number of nitrogens with zero attached hydrogens (tertiary/aromatic N) is 2. The molecule has 1 rings (SSSR count). The van der Waals surface area contributed by atoms with Crippen LogP contribution in [-0.4, -0.2) is 29.6 Å². The lowest BCUT2D eigenvalue weighted by Crippen LogP contribution is -2.62. The number of hydrogen-bond donors (Lipinski definition) is 3. The second-order valence-corrected chi connectivity index (χ2v) is 2.00. The van der Waals surface area contributed by atoms with Gasteiger partial charge in [-0.05, 0) is 0 Å². The van der Waals surface area contributed by atoms with E-state index in [4.69, 9.17) is 5.84 Å². The third-order valence-electron chi connectivity index (χ3n) is 1.19. The highest BCUT2D eigenvalue weighted by molar-refractivity contribution is 4.57. The van der Waals surface area contributed by atoms with Crippen LogP contribution < -0.4 is 16.5 Å². The van der Waals surface area contributed by atoms with E-state index in [9.17, 15) is 10.1 Å². The van der Waals surface area contributed by atoms with Crippen molar-refractivity contribution < 1.29 is 4.92 Å². The van der Waals surface area contributed by atoms with Gasteiger partial charge < -0.3 is 0 Å². The number of nitrogens with two attached hydrogens (primary N) is 1. The lowest BCUT2D eigenvalue weighted by atomic mass is 10.7. The molecule has 0 amide bonds. The molecule has 0 unspecified atom stereocenters. The Morgan fingerprint density at radius 1 is 1.60 bits per heavy atom. The van der Waals surface area contributed by atoms with Crippen molar-refractivity contribution in [3.63, 3.8) is 0 Å². The molecule has 0 aromatic rings. The standard InChI is InChI=1S/C3H9N5O2/c4-7-1-5-3(6-2-7)8(9)10/h3,5-6H,1-2,4H2. The van der Waals surface area contributed by atoms with E-state index in [2.05, 4.69) is 10.6 Å². The summed E-state index contributed by atoms with van der Waals surface area (Å²) in [5.74, 6) is 5.28. The SMILES string of the molecule is NN1CNC([N+](=O)[O-])NC1. The monoisotopic (exact) mass is 147 g/mol. The normalized spacial score (nSPS) is 22.9. The van der Waals surface area contributed by atoms with E-state index in [0.29, 0.717) is 13.3 Å². The van der Waals surface area contributed by atoms with Gasteiger partial charge in [0.1, 0.15) is 0 Å². The Kier molecular flexibility index (Phi) is 2.12. The number of rotatable bonds is 1. The lowest BCUT2D eigenvalue weighted by molar-refractivity contribution is -0.540. The van der Waals surface area contributed by atoms with E-state index < -0.39 is 11.2 Å². The molecule has 4 N–H and O–H groups in total. The maximum atomic E-state index is 10.1. The minimum absolute atomic E-state index is 0.332. The molecule has 1 aliphatic rings. The second-order valence-electron chi connectivity index (χ2n) is 2.00. The molecule has 0 aliphatic carbocycles. The van der Waals surface area contributed by atoms with Gasteiger partial charge in [0.25, 0.3) is 0 Å². The molecule has 1 fully saturated rings. The highest BCUT2D eigenvalue weighted by Crippen LogP contribution is 1.86. The minimum atomic E-state index is -0.861. The first-order valence-corrected chi connectivity index (χ1v) is 2.80. The zero-order valence-corrected chi connectivity index (χ0v) is 5.28. The summed E-state index contributed by atoms with van der Waals surface area (Å²) < 4.78 is 0. The van der Waals surface area contributed by atoms with Gasteiger partial charge in [-0.1, -0.05) is 0 Å². The van der Waals surface area contributed by atoms with Gasteiger partial charge in [-0.15, -0.1) is 0 Å². The molecule has 58 valence electrons. The molecular weight excluding hydrogens is 138 g/mol. The Morgan fingerprint density at radius 2 is 2.10 bits per heavy atom. The van der Waals surface area contributed by atoms with Crippen molar-refractivity contribution in [2.45, 2.75) is 6.29 Å². The van der Waals surface area contributed by atoms with Gasteiger partial charge in [0.2, 0.25) is 0 Å². The second kappa shape index (κ2) is 2.88. The van der Waals surface area contributed by atoms with Crippen LogP contribution in [0.15, 0.2) is 0 Å². The summed E-state index contributed by atoms with van der Waals surface area (Å²) in [6.45, 7) is 0.664. The van der Waals surface area contributed by atoms with Gasteiger partial charge in [-0.2, -0.15) is 0 Å². The first kappa shape index (κ1) is 7.35. The lowest BCUT2D eigenvalue weighted by Gasteiger charge is -2.25. The van der Waals surface area contributed by atoms with E-state index >= 15 is 0 Å². The van der Waals surface area contributed by atoms with Crippen LogP contribution in [0.4, 0.5) is 0 Å². The van der Waals surface area contributed by atoms with Crippen LogP contribution in [0.3, 0.4) is 0 Å². The van der Waals surface area contributed by atoms with Crippen molar-refractivity contribution in [1.82, 2.24) is 15.6 Å². The van der Waals surface area contributed by atoms with Crippen molar-refractivity contribution in [1.29, 1.82) is 0 Å². The zero-order chi connectivity index (χ0) is 7.56. The van der Waals surface area contributed by atoms with E-state index in [1.807, 2.05) is 0 Å². The van der Waals surface area contributed by atoms with Gasteiger partial charge in [0.05, 0.1) is 18.3 Å². The predicted octanol–water partition coefficient (Wildman–Crippen LogP) is -2.17. The maximum absolute atomic E-state index is 10.1. The third kappa shape index (κ3) is 1.61. The first-order chi connectivity index (χ1) is 4.70. The van der Waals surface area contributed by atoms with E-state index in [1.165, 1.54) is 5.01 Å². The number of nitrogens with one attached hydrogen (secondary N) is 2. The van der Waals surface area contributed by atoms with E-state index in [1.54, 1.807) is 0 Å². The Morgan fingerprint density at radius 3 is 2.50 bits per heavy atom. The molecule has 10 heavy (non-hydrogen) atoms. The fourth-order valence-electron chi connectivity index (χ4n) is 0.685. The van der Waals surface area contributed by atoms with Crippen LogP contribution in [0, 0.1) is 10.1 Å². The van der Waals surface area contributed by atoms with Crippen LogP contribution in [0.5, 0.6) is 0 Å². The largest absolute Gasteiger partial charge is 0.325 e. The fourth-order valence-corrected chi connectivity index (χ4v) is 0.685. The van der Waals surface area contributed by atoms with Crippen molar-refractivity contribution in [3.8, 4) is 0 Å². The summed E-state index contributed by atoms with van der Waals surface area (Å²) in [7, 11) is 0. The molecule has 0 bridgehead atoms. The topological polar surface area (TPSA) is 96.5 Å². The smallest absolute Gasteiger partial charge is 0.266 e. The van der Waals surface area contributed by atoms with Crippen molar-refractivity contribution in [3.05, 3.63) is 10.1 Å². The molecule has 1 aliphatic heterocycles. The summed E-state index contributed by atoms with van der Waals surface area (Å²) in [5.41, 5.74) is 0. The first-order valence-electron chi connectivity index (χ1n) is 2.80. The molecular formula is C3H9N5O2. The minimum Gasteiger partial charge on any atom is -0.266 e. The van der Waals surface area contributed by atoms with Gasteiger partial charge in [-0.25, -0.2) is 15.6 Å². The predicted molar refractivity (Wildman–Crippen MR) is 32.8 cm³/mol. The Balaban J connectivity index is 2.33. The third-order valence-corrected chi connectivity index (χ3v) is 1.19. The molecule has 0 saturated carbocycles. The van der Waals surface area contributed by atoms with Crippen molar-refractivity contribution >= 4 is 0 Å². The van der Waals surface area contributed by atoms with Crippen LogP contribution in [0.25, 0.3) is 0 Å². The van der Waals surface area contributed by atoms with Crippen LogP contribution in [0.1, 0.15) is 0 Å². The van der Waals surface area contributed by atoms with E-state index in [0.717, 1.165) is 0 Å². The van der Waals surface area contributed by atoms with Crippen molar-refractivity contribution in [2.75, 3.05) is 13.3 Å². The Hall–Kier alpha value is -0.760. The van der Waals surface area contributed by atoms with Gasteiger partial charge >= 0.3 is 6.29 Å². The summed E-state index contributed by atoms with van der Waals surface area (Å²) >= 11 is 0. The van der Waals surface area contributed by atoms with Crippen LogP contribution in [-0.2, 0) is 0 Å². The molecule has 1 heterocycles. The molecule has 7 heteroatoms. The fraction of sp³-hybridized carbons (Fsp3) is 1.00. The summed E-state index contributed by atoms with van der Waals surface area (Å²) in [5, 5.41) is 16.6. The molecule has 0 radical (unpaired) electrons. The average molecular weight is 147 g/mol.